The Labute approximate surface area is 147 Å². The molecule has 0 aliphatic rings. The molecule has 1 aromatic carbocycles. The minimum atomic E-state index is -0.680. The minimum Gasteiger partial charge on any atom is -0.468 e. The summed E-state index contributed by atoms with van der Waals surface area (Å²) in [6.45, 7) is 1.81. The first-order valence-electron chi connectivity index (χ1n) is 7.42. The molecule has 10 heteroatoms. The Morgan fingerprint density at radius 1 is 1.36 bits per heavy atom. The van der Waals surface area contributed by atoms with Crippen LogP contribution < -0.4 is 11.1 Å². The number of carbonyl (C=O) groups excluding carboxylic acids is 2. The number of hydrogen-bond donors (Lipinski definition) is 2. The van der Waals surface area contributed by atoms with Crippen molar-refractivity contribution in [2.45, 2.75) is 24.5 Å². The number of nitrogens with zero attached hydrogens (tertiary/aromatic N) is 3. The summed E-state index contributed by atoms with van der Waals surface area (Å²) in [5, 5.41) is 10.7. The fraction of sp³-hybridized carbons (Fsp3) is 0.333. The summed E-state index contributed by atoms with van der Waals surface area (Å²) in [6, 6.07) is 4.74. The number of ether oxygens (including phenoxy) is 1. The van der Waals surface area contributed by atoms with Gasteiger partial charge in [0.1, 0.15) is 11.9 Å². The number of hydrogen-bond acceptors (Lipinski definition) is 7. The van der Waals surface area contributed by atoms with Crippen LogP contribution in [0.2, 0.25) is 0 Å². The highest BCUT2D eigenvalue weighted by atomic mass is 32.2. The fourth-order valence-corrected chi connectivity index (χ4v) is 2.93. The number of esters is 1. The van der Waals surface area contributed by atoms with Crippen LogP contribution in [0, 0.1) is 5.82 Å². The topological polar surface area (TPSA) is 112 Å². The van der Waals surface area contributed by atoms with E-state index < -0.39 is 17.8 Å². The van der Waals surface area contributed by atoms with Crippen LogP contribution in [0.1, 0.15) is 19.4 Å². The number of anilines is 2. The molecule has 3 N–H and O–H groups in total. The molecule has 2 rings (SSSR count). The molecule has 0 aliphatic heterocycles. The molecule has 1 atom stereocenters. The molecule has 8 nitrogen and oxygen atoms in total. The van der Waals surface area contributed by atoms with Crippen LogP contribution in [0.25, 0.3) is 0 Å². The zero-order valence-electron chi connectivity index (χ0n) is 13.7. The van der Waals surface area contributed by atoms with Crippen molar-refractivity contribution in [1.82, 2.24) is 14.8 Å². The first-order valence-corrected chi connectivity index (χ1v) is 8.41. The van der Waals surface area contributed by atoms with E-state index in [1.54, 1.807) is 0 Å². The van der Waals surface area contributed by atoms with E-state index in [0.29, 0.717) is 17.3 Å². The van der Waals surface area contributed by atoms with Gasteiger partial charge in [0.15, 0.2) is 5.16 Å². The highest BCUT2D eigenvalue weighted by molar-refractivity contribution is 7.99. The molecule has 0 saturated heterocycles. The third-order valence-corrected chi connectivity index (χ3v) is 4.27. The molecular formula is C15H18FN5O3S. The third-order valence-electron chi connectivity index (χ3n) is 3.35. The van der Waals surface area contributed by atoms with Crippen LogP contribution in [0.4, 0.5) is 16.0 Å². The zero-order valence-corrected chi connectivity index (χ0v) is 14.5. The number of rotatable bonds is 7. The predicted molar refractivity (Wildman–Crippen MR) is 91.5 cm³/mol. The molecular weight excluding hydrogens is 349 g/mol. The highest BCUT2D eigenvalue weighted by Crippen LogP contribution is 2.26. The van der Waals surface area contributed by atoms with Crippen LogP contribution in [-0.4, -0.2) is 39.5 Å². The second kappa shape index (κ2) is 8.47. The van der Waals surface area contributed by atoms with E-state index in [4.69, 9.17) is 5.73 Å². The first kappa shape index (κ1) is 18.7. The third kappa shape index (κ3) is 4.69. The second-order valence-corrected chi connectivity index (χ2v) is 5.94. The van der Waals surface area contributed by atoms with Crippen LogP contribution in [-0.2, 0) is 14.3 Å². The van der Waals surface area contributed by atoms with Crippen LogP contribution in [0.5, 0.6) is 0 Å². The van der Waals surface area contributed by atoms with Gasteiger partial charge in [0.05, 0.1) is 12.9 Å². The Kier molecular flexibility index (Phi) is 6.34. The van der Waals surface area contributed by atoms with E-state index in [-0.39, 0.29) is 17.6 Å². The van der Waals surface area contributed by atoms with E-state index in [2.05, 4.69) is 20.3 Å². The molecule has 0 fully saturated rings. The number of thioether (sulfide) groups is 1. The van der Waals surface area contributed by atoms with Crippen molar-refractivity contribution >= 4 is 35.3 Å². The number of amides is 1. The normalized spacial score (nSPS) is 11.8. The number of methoxy groups -OCH3 is 1. The average Bonchev–Trinajstić information content (AvgIpc) is 2.96. The predicted octanol–water partition coefficient (Wildman–Crippen LogP) is 1.85. The van der Waals surface area contributed by atoms with E-state index in [9.17, 15) is 14.0 Å². The maximum absolute atomic E-state index is 13.0. The Morgan fingerprint density at radius 2 is 2.04 bits per heavy atom. The van der Waals surface area contributed by atoms with Gasteiger partial charge in [-0.15, -0.1) is 10.2 Å². The van der Waals surface area contributed by atoms with Crippen molar-refractivity contribution < 1.29 is 18.7 Å². The number of nitrogens with two attached hydrogens (primary N) is 1. The van der Waals surface area contributed by atoms with E-state index in [1.807, 2.05) is 6.92 Å². The monoisotopic (exact) mass is 367 g/mol. The van der Waals surface area contributed by atoms with Crippen LogP contribution >= 0.6 is 11.8 Å². The standard InChI is InChI=1S/C15H18FN5O3S/c1-3-11(13(23)18-10-6-4-9(16)5-7-10)21-14(17)19-20-15(21)25-8-12(22)24-2/h4-7,11H,3,8H2,1-2H3,(H2,17,19)(H,18,23). The molecule has 1 heterocycles. The first-order chi connectivity index (χ1) is 12.0. The van der Waals surface area contributed by atoms with E-state index in [1.165, 1.54) is 35.9 Å². The number of halogens is 1. The molecule has 25 heavy (non-hydrogen) atoms. The lowest BCUT2D eigenvalue weighted by atomic mass is 10.2. The van der Waals surface area contributed by atoms with Crippen LogP contribution in [0.3, 0.4) is 0 Å². The molecule has 134 valence electrons. The number of aromatic nitrogens is 3. The summed E-state index contributed by atoms with van der Waals surface area (Å²) in [5.74, 6) is -1.09. The maximum atomic E-state index is 13.0. The number of benzene rings is 1. The van der Waals surface area contributed by atoms with E-state index in [0.717, 1.165) is 11.8 Å². The van der Waals surface area contributed by atoms with Gasteiger partial charge in [0.25, 0.3) is 0 Å². The van der Waals surface area contributed by atoms with Crippen molar-refractivity contribution in [1.29, 1.82) is 0 Å². The van der Waals surface area contributed by atoms with Crippen molar-refractivity contribution in [3.63, 3.8) is 0 Å². The highest BCUT2D eigenvalue weighted by Gasteiger charge is 2.25. The maximum Gasteiger partial charge on any atom is 0.316 e. The number of nitrogens with one attached hydrogen (secondary N) is 1. The number of carbonyl (C=O) groups is 2. The van der Waals surface area contributed by atoms with Gasteiger partial charge in [-0.3, -0.25) is 14.2 Å². The van der Waals surface area contributed by atoms with Gasteiger partial charge in [-0.05, 0) is 30.7 Å². The summed E-state index contributed by atoms with van der Waals surface area (Å²) in [4.78, 5) is 23.9. The molecule has 1 aromatic heterocycles. The summed E-state index contributed by atoms with van der Waals surface area (Å²) < 4.78 is 19.0. The Balaban J connectivity index is 2.18. The zero-order chi connectivity index (χ0) is 18.4. The molecule has 0 aliphatic carbocycles. The van der Waals surface area contributed by atoms with Gasteiger partial charge in [-0.1, -0.05) is 18.7 Å². The Hall–Kier alpha value is -2.62. The van der Waals surface area contributed by atoms with Gasteiger partial charge < -0.3 is 15.8 Å². The quantitative estimate of drug-likeness (QED) is 0.567. The Morgan fingerprint density at radius 3 is 2.64 bits per heavy atom. The second-order valence-electron chi connectivity index (χ2n) is 5.00. The van der Waals surface area contributed by atoms with Gasteiger partial charge in [-0.2, -0.15) is 0 Å². The largest absolute Gasteiger partial charge is 0.468 e. The SMILES string of the molecule is CCC(C(=O)Nc1ccc(F)cc1)n1c(N)nnc1SCC(=O)OC. The molecule has 1 amide bonds. The van der Waals surface area contributed by atoms with Gasteiger partial charge in [-0.25, -0.2) is 4.39 Å². The molecule has 1 unspecified atom stereocenters. The van der Waals surface area contributed by atoms with Crippen LogP contribution in [0.15, 0.2) is 29.4 Å². The van der Waals surface area contributed by atoms with Gasteiger partial charge in [0, 0.05) is 5.69 Å². The average molecular weight is 367 g/mol. The molecule has 0 radical (unpaired) electrons. The van der Waals surface area contributed by atoms with Crippen molar-refractivity contribution in [2.75, 3.05) is 23.9 Å². The summed E-state index contributed by atoms with van der Waals surface area (Å²) >= 11 is 1.08. The lowest BCUT2D eigenvalue weighted by molar-refractivity contribution is -0.137. The lowest BCUT2D eigenvalue weighted by Gasteiger charge is -2.19. The minimum absolute atomic E-state index is 0.0185. The van der Waals surface area contributed by atoms with E-state index >= 15 is 0 Å². The molecule has 0 spiro atoms. The number of nitrogen functional groups attached to an aromatic ring is 1. The molecule has 2 aromatic rings. The molecule has 0 bridgehead atoms. The van der Waals surface area contributed by atoms with Crippen molar-refractivity contribution in [2.24, 2.45) is 0 Å². The summed E-state index contributed by atoms with van der Waals surface area (Å²) in [7, 11) is 1.28. The van der Waals surface area contributed by atoms with Crippen molar-refractivity contribution in [3.8, 4) is 0 Å². The van der Waals surface area contributed by atoms with Gasteiger partial charge in [0.2, 0.25) is 11.9 Å². The Bertz CT molecular complexity index is 750. The summed E-state index contributed by atoms with van der Waals surface area (Å²) in [6.07, 6.45) is 0.418. The fourth-order valence-electron chi connectivity index (χ4n) is 2.11. The smallest absolute Gasteiger partial charge is 0.316 e. The molecule has 0 saturated carbocycles. The van der Waals surface area contributed by atoms with Crippen molar-refractivity contribution in [3.05, 3.63) is 30.1 Å². The lowest BCUT2D eigenvalue weighted by Crippen LogP contribution is -2.27. The summed E-state index contributed by atoms with van der Waals surface area (Å²) in [5.41, 5.74) is 6.30. The van der Waals surface area contributed by atoms with Gasteiger partial charge >= 0.3 is 5.97 Å².